The van der Waals surface area contributed by atoms with Gasteiger partial charge in [-0.1, -0.05) is 12.1 Å². The zero-order valence-corrected chi connectivity index (χ0v) is 18.2. The van der Waals surface area contributed by atoms with Crippen molar-refractivity contribution < 1.29 is 13.9 Å². The largest absolute Gasteiger partial charge is 0.497 e. The van der Waals surface area contributed by atoms with E-state index in [-0.39, 0.29) is 11.9 Å². The van der Waals surface area contributed by atoms with Crippen LogP contribution in [0.15, 0.2) is 40.8 Å². The average Bonchev–Trinajstić information content (AvgIpc) is 3.38. The quantitative estimate of drug-likeness (QED) is 0.630. The van der Waals surface area contributed by atoms with Crippen molar-refractivity contribution >= 4 is 16.9 Å². The van der Waals surface area contributed by atoms with E-state index in [2.05, 4.69) is 42.3 Å². The van der Waals surface area contributed by atoms with Crippen LogP contribution in [-0.4, -0.2) is 37.6 Å². The van der Waals surface area contributed by atoms with Gasteiger partial charge in [0.15, 0.2) is 5.76 Å². The van der Waals surface area contributed by atoms with Crippen molar-refractivity contribution in [2.24, 2.45) is 0 Å². The van der Waals surface area contributed by atoms with E-state index in [0.717, 1.165) is 40.9 Å². The van der Waals surface area contributed by atoms with Gasteiger partial charge >= 0.3 is 0 Å². The third-order valence-corrected chi connectivity index (χ3v) is 6.30. The second-order valence-corrected chi connectivity index (χ2v) is 8.23. The van der Waals surface area contributed by atoms with E-state index in [1.54, 1.807) is 7.11 Å². The van der Waals surface area contributed by atoms with Crippen molar-refractivity contribution in [3.8, 4) is 5.75 Å². The first-order valence-corrected chi connectivity index (χ1v) is 10.6. The van der Waals surface area contributed by atoms with Gasteiger partial charge in [0.25, 0.3) is 5.91 Å². The number of benzene rings is 2. The molecule has 5 nitrogen and oxygen atoms in total. The highest BCUT2D eigenvalue weighted by atomic mass is 16.5. The molecule has 2 aromatic carbocycles. The first-order chi connectivity index (χ1) is 14.5. The number of likely N-dealkylation sites (tertiary alicyclic amines) is 1. The lowest BCUT2D eigenvalue weighted by Gasteiger charge is -2.28. The summed E-state index contributed by atoms with van der Waals surface area (Å²) in [4.78, 5) is 15.5. The summed E-state index contributed by atoms with van der Waals surface area (Å²) in [7, 11) is 1.67. The summed E-state index contributed by atoms with van der Waals surface area (Å²) in [5.74, 6) is 1.09. The van der Waals surface area contributed by atoms with Gasteiger partial charge in [-0.05, 0) is 87.7 Å². The molecule has 0 aliphatic carbocycles. The average molecular weight is 407 g/mol. The minimum Gasteiger partial charge on any atom is -0.497 e. The van der Waals surface area contributed by atoms with Crippen molar-refractivity contribution in [1.29, 1.82) is 0 Å². The topological polar surface area (TPSA) is 54.7 Å². The van der Waals surface area contributed by atoms with Gasteiger partial charge < -0.3 is 14.5 Å². The Morgan fingerprint density at radius 3 is 2.43 bits per heavy atom. The van der Waals surface area contributed by atoms with Crippen LogP contribution in [0.2, 0.25) is 0 Å². The fourth-order valence-corrected chi connectivity index (χ4v) is 4.30. The Bertz CT molecular complexity index is 1050. The summed E-state index contributed by atoms with van der Waals surface area (Å²) >= 11 is 0. The molecular formula is C25H30N2O3. The molecule has 0 radical (unpaired) electrons. The van der Waals surface area contributed by atoms with E-state index in [0.29, 0.717) is 12.3 Å². The first kappa shape index (κ1) is 20.5. The number of furan rings is 1. The third-order valence-electron chi connectivity index (χ3n) is 6.30. The van der Waals surface area contributed by atoms with Crippen LogP contribution in [-0.2, 0) is 0 Å². The number of nitrogens with zero attached hydrogens (tertiary/aromatic N) is 1. The molecular weight excluding hydrogens is 376 g/mol. The number of fused-ring (bicyclic) bond motifs is 1. The lowest BCUT2D eigenvalue weighted by atomic mass is 10.0. The van der Waals surface area contributed by atoms with E-state index in [1.807, 2.05) is 25.1 Å². The molecule has 1 N–H and O–H groups in total. The van der Waals surface area contributed by atoms with Crippen LogP contribution in [0.4, 0.5) is 0 Å². The molecule has 0 spiro atoms. The Kier molecular flexibility index (Phi) is 5.82. The van der Waals surface area contributed by atoms with Crippen molar-refractivity contribution in [3.63, 3.8) is 0 Å². The molecule has 0 saturated carbocycles. The first-order valence-electron chi connectivity index (χ1n) is 10.6. The molecule has 4 rings (SSSR count). The summed E-state index contributed by atoms with van der Waals surface area (Å²) in [6, 6.07) is 12.4. The molecule has 158 valence electrons. The normalized spacial score (nSPS) is 15.5. The number of carbonyl (C=O) groups excluding carboxylic acids is 1. The molecule has 1 aliphatic rings. The maximum Gasteiger partial charge on any atom is 0.287 e. The highest BCUT2D eigenvalue weighted by Gasteiger charge is 2.25. The fraction of sp³-hybridized carbons (Fsp3) is 0.400. The van der Waals surface area contributed by atoms with Crippen molar-refractivity contribution in [3.05, 3.63) is 64.4 Å². The lowest BCUT2D eigenvalue weighted by Crippen LogP contribution is -2.36. The summed E-state index contributed by atoms with van der Waals surface area (Å²) in [5.41, 5.74) is 5.22. The number of methoxy groups -OCH3 is 1. The molecule has 1 amide bonds. The lowest BCUT2D eigenvalue weighted by molar-refractivity contribution is 0.0911. The standard InChI is InChI=1S/C25H30N2O3/c1-16-13-21-18(3)24(30-23(21)14-17(16)2)25(28)26-15-22(27-11-5-6-12-27)19-7-9-20(29-4)10-8-19/h7-10,13-14,22H,5-6,11-12,15H2,1-4H3,(H,26,28)/t22-/m1/s1. The minimum atomic E-state index is -0.156. The SMILES string of the molecule is COc1ccc([C@@H](CNC(=O)c2oc3cc(C)c(C)cc3c2C)N2CCCC2)cc1. The maximum absolute atomic E-state index is 13.0. The van der Waals surface area contributed by atoms with Gasteiger partial charge in [-0.3, -0.25) is 9.69 Å². The second kappa shape index (κ2) is 8.52. The molecule has 5 heteroatoms. The number of hydrogen-bond donors (Lipinski definition) is 1. The van der Waals surface area contributed by atoms with E-state index in [1.165, 1.54) is 24.0 Å². The van der Waals surface area contributed by atoms with Gasteiger partial charge in [0.2, 0.25) is 0 Å². The van der Waals surface area contributed by atoms with Crippen LogP contribution < -0.4 is 10.1 Å². The molecule has 1 saturated heterocycles. The highest BCUT2D eigenvalue weighted by Crippen LogP contribution is 2.29. The predicted octanol–water partition coefficient (Wildman–Crippen LogP) is 4.93. The van der Waals surface area contributed by atoms with E-state index in [9.17, 15) is 4.79 Å². The van der Waals surface area contributed by atoms with E-state index >= 15 is 0 Å². The Morgan fingerprint density at radius 1 is 1.10 bits per heavy atom. The minimum absolute atomic E-state index is 0.136. The number of amides is 1. The van der Waals surface area contributed by atoms with Gasteiger partial charge in [0, 0.05) is 17.5 Å². The molecule has 1 aliphatic heterocycles. The summed E-state index contributed by atoms with van der Waals surface area (Å²) in [5, 5.41) is 4.14. The van der Waals surface area contributed by atoms with Crippen LogP contribution in [0, 0.1) is 20.8 Å². The molecule has 1 atom stereocenters. The van der Waals surface area contributed by atoms with Crippen LogP contribution >= 0.6 is 0 Å². The number of ether oxygens (including phenoxy) is 1. The van der Waals surface area contributed by atoms with Gasteiger partial charge in [-0.15, -0.1) is 0 Å². The zero-order valence-electron chi connectivity index (χ0n) is 18.2. The smallest absolute Gasteiger partial charge is 0.287 e. The molecule has 3 aromatic rings. The molecule has 2 heterocycles. The van der Waals surface area contributed by atoms with Crippen LogP contribution in [0.1, 0.15) is 51.7 Å². The third kappa shape index (κ3) is 3.94. The van der Waals surface area contributed by atoms with Gasteiger partial charge in [0.1, 0.15) is 11.3 Å². The number of hydrogen-bond acceptors (Lipinski definition) is 4. The Morgan fingerprint density at radius 2 is 1.77 bits per heavy atom. The monoisotopic (exact) mass is 406 g/mol. The molecule has 0 unspecified atom stereocenters. The molecule has 1 fully saturated rings. The van der Waals surface area contributed by atoms with Crippen molar-refractivity contribution in [1.82, 2.24) is 10.2 Å². The Hall–Kier alpha value is -2.79. The Labute approximate surface area is 178 Å². The van der Waals surface area contributed by atoms with Crippen molar-refractivity contribution in [2.45, 2.75) is 39.7 Å². The zero-order chi connectivity index (χ0) is 21.3. The second-order valence-electron chi connectivity index (χ2n) is 8.23. The summed E-state index contributed by atoms with van der Waals surface area (Å²) in [6.45, 7) is 8.73. The van der Waals surface area contributed by atoms with Crippen LogP contribution in [0.3, 0.4) is 0 Å². The van der Waals surface area contributed by atoms with Gasteiger partial charge in [0.05, 0.1) is 13.2 Å². The maximum atomic E-state index is 13.0. The van der Waals surface area contributed by atoms with Gasteiger partial charge in [-0.2, -0.15) is 0 Å². The van der Waals surface area contributed by atoms with Crippen LogP contribution in [0.5, 0.6) is 5.75 Å². The summed E-state index contributed by atoms with van der Waals surface area (Å²) in [6.07, 6.45) is 2.39. The van der Waals surface area contributed by atoms with E-state index < -0.39 is 0 Å². The van der Waals surface area contributed by atoms with E-state index in [4.69, 9.17) is 9.15 Å². The highest BCUT2D eigenvalue weighted by molar-refractivity contribution is 5.99. The number of aryl methyl sites for hydroxylation is 3. The molecule has 1 aromatic heterocycles. The molecule has 0 bridgehead atoms. The Balaban J connectivity index is 1.55. The predicted molar refractivity (Wildman–Crippen MR) is 119 cm³/mol. The number of nitrogens with one attached hydrogen (secondary N) is 1. The molecule has 30 heavy (non-hydrogen) atoms. The van der Waals surface area contributed by atoms with Gasteiger partial charge in [-0.25, -0.2) is 0 Å². The van der Waals surface area contributed by atoms with Crippen molar-refractivity contribution in [2.75, 3.05) is 26.7 Å². The summed E-state index contributed by atoms with van der Waals surface area (Å²) < 4.78 is 11.2. The number of rotatable bonds is 6. The number of carbonyl (C=O) groups is 1. The van der Waals surface area contributed by atoms with Crippen LogP contribution in [0.25, 0.3) is 11.0 Å². The fourth-order valence-electron chi connectivity index (χ4n) is 4.30.